The molecule has 0 amide bonds. The van der Waals surface area contributed by atoms with E-state index in [4.69, 9.17) is 4.74 Å². The Kier molecular flexibility index (Phi) is 3.55. The number of nitrogens with zero attached hydrogens (tertiary/aromatic N) is 2. The summed E-state index contributed by atoms with van der Waals surface area (Å²) < 4.78 is 6.70. The monoisotopic (exact) mass is 230 g/mol. The number of carbonyl (C=O) groups is 1. The number of carbonyl (C=O) groups excluding carboxylic acids is 1. The fraction of sp³-hybridized carbons (Fsp3) is 0.231. The second kappa shape index (κ2) is 5.30. The van der Waals surface area contributed by atoms with Gasteiger partial charge in [-0.1, -0.05) is 30.3 Å². The van der Waals surface area contributed by atoms with Crippen molar-refractivity contribution < 1.29 is 9.53 Å². The van der Waals surface area contributed by atoms with E-state index in [-0.39, 0.29) is 12.6 Å². The fourth-order valence-electron chi connectivity index (χ4n) is 1.51. The Labute approximate surface area is 99.8 Å². The lowest BCUT2D eigenvalue weighted by atomic mass is 10.2. The predicted molar refractivity (Wildman–Crippen MR) is 63.2 cm³/mol. The van der Waals surface area contributed by atoms with Crippen molar-refractivity contribution in [2.75, 3.05) is 0 Å². The van der Waals surface area contributed by atoms with Gasteiger partial charge in [0.2, 0.25) is 0 Å². The predicted octanol–water partition coefficient (Wildman–Crippen LogP) is 1.99. The van der Waals surface area contributed by atoms with E-state index in [1.165, 1.54) is 12.5 Å². The lowest BCUT2D eigenvalue weighted by Gasteiger charge is -2.01. The Morgan fingerprint density at radius 3 is 2.76 bits per heavy atom. The molecule has 0 aliphatic rings. The quantitative estimate of drug-likeness (QED) is 0.754. The highest BCUT2D eigenvalue weighted by atomic mass is 16.5. The van der Waals surface area contributed by atoms with Crippen molar-refractivity contribution >= 4 is 5.97 Å². The second-order valence-corrected chi connectivity index (χ2v) is 3.77. The number of esters is 1. The van der Waals surface area contributed by atoms with Crippen LogP contribution in [0.1, 0.15) is 18.2 Å². The molecule has 0 atom stereocenters. The molecule has 0 N–H and O–H groups in total. The first-order valence-electron chi connectivity index (χ1n) is 5.43. The van der Waals surface area contributed by atoms with Crippen LogP contribution in [0.25, 0.3) is 0 Å². The van der Waals surface area contributed by atoms with Gasteiger partial charge in [0.25, 0.3) is 0 Å². The number of hydrogen-bond acceptors (Lipinski definition) is 3. The summed E-state index contributed by atoms with van der Waals surface area (Å²) in [5.74, 6) is -0.289. The molecule has 1 heterocycles. The topological polar surface area (TPSA) is 44.1 Å². The third-order valence-corrected chi connectivity index (χ3v) is 2.31. The molecule has 0 unspecified atom stereocenters. The van der Waals surface area contributed by atoms with Crippen molar-refractivity contribution in [2.45, 2.75) is 20.1 Å². The van der Waals surface area contributed by atoms with E-state index in [1.54, 1.807) is 0 Å². The number of hydrogen-bond donors (Lipinski definition) is 0. The van der Waals surface area contributed by atoms with Gasteiger partial charge in [-0.3, -0.25) is 9.48 Å². The summed E-state index contributed by atoms with van der Waals surface area (Å²) in [5.41, 5.74) is 1.95. The first-order chi connectivity index (χ1) is 8.24. The van der Waals surface area contributed by atoms with E-state index in [0.717, 1.165) is 12.2 Å². The Balaban J connectivity index is 1.97. The van der Waals surface area contributed by atoms with Crippen molar-refractivity contribution in [2.24, 2.45) is 0 Å². The lowest BCUT2D eigenvalue weighted by Crippen LogP contribution is -2.03. The maximum absolute atomic E-state index is 10.7. The van der Waals surface area contributed by atoms with E-state index in [1.807, 2.05) is 47.3 Å². The number of ether oxygens (including phenoxy) is 1. The van der Waals surface area contributed by atoms with Gasteiger partial charge >= 0.3 is 5.97 Å². The number of rotatable bonds is 4. The highest BCUT2D eigenvalue weighted by Gasteiger charge is 2.01. The molecule has 1 aromatic heterocycles. The van der Waals surface area contributed by atoms with Crippen LogP contribution in [0, 0.1) is 0 Å². The van der Waals surface area contributed by atoms with Crippen molar-refractivity contribution in [3.05, 3.63) is 53.9 Å². The van der Waals surface area contributed by atoms with Crippen LogP contribution < -0.4 is 0 Å². The molecule has 0 saturated carbocycles. The van der Waals surface area contributed by atoms with Crippen LogP contribution in [0.5, 0.6) is 0 Å². The third kappa shape index (κ3) is 3.45. The van der Waals surface area contributed by atoms with Crippen LogP contribution in [-0.4, -0.2) is 15.7 Å². The van der Waals surface area contributed by atoms with Crippen molar-refractivity contribution in [3.8, 4) is 0 Å². The van der Waals surface area contributed by atoms with Gasteiger partial charge in [0, 0.05) is 13.1 Å². The zero-order valence-corrected chi connectivity index (χ0v) is 9.67. The first-order valence-corrected chi connectivity index (χ1v) is 5.43. The highest BCUT2D eigenvalue weighted by molar-refractivity contribution is 5.65. The smallest absolute Gasteiger partial charge is 0.303 e. The van der Waals surface area contributed by atoms with Gasteiger partial charge in [0.05, 0.1) is 12.2 Å². The minimum atomic E-state index is -0.289. The summed E-state index contributed by atoms with van der Waals surface area (Å²) in [6, 6.07) is 11.9. The van der Waals surface area contributed by atoms with E-state index in [0.29, 0.717) is 0 Å². The second-order valence-electron chi connectivity index (χ2n) is 3.77. The summed E-state index contributed by atoms with van der Waals surface area (Å²) in [5, 5.41) is 4.32. The summed E-state index contributed by atoms with van der Waals surface area (Å²) >= 11 is 0. The normalized spacial score (nSPS) is 10.2. The Morgan fingerprint density at radius 2 is 2.06 bits per heavy atom. The Morgan fingerprint density at radius 1 is 1.29 bits per heavy atom. The molecular formula is C13H14N2O2. The van der Waals surface area contributed by atoms with Crippen molar-refractivity contribution in [1.29, 1.82) is 0 Å². The molecule has 2 rings (SSSR count). The lowest BCUT2D eigenvalue weighted by molar-refractivity contribution is -0.142. The van der Waals surface area contributed by atoms with Gasteiger partial charge in [-0.25, -0.2) is 0 Å². The van der Waals surface area contributed by atoms with E-state index < -0.39 is 0 Å². The molecule has 4 heteroatoms. The fourth-order valence-corrected chi connectivity index (χ4v) is 1.51. The van der Waals surface area contributed by atoms with Gasteiger partial charge in [0.15, 0.2) is 0 Å². The van der Waals surface area contributed by atoms with Crippen LogP contribution >= 0.6 is 0 Å². The minimum Gasteiger partial charge on any atom is -0.459 e. The molecular weight excluding hydrogens is 216 g/mol. The molecule has 88 valence electrons. The average Bonchev–Trinajstić information content (AvgIpc) is 2.75. The van der Waals surface area contributed by atoms with Gasteiger partial charge in [-0.15, -0.1) is 0 Å². The zero-order valence-electron chi connectivity index (χ0n) is 9.67. The Bertz CT molecular complexity index is 491. The van der Waals surface area contributed by atoms with Gasteiger partial charge in [-0.05, 0) is 11.6 Å². The van der Waals surface area contributed by atoms with Crippen LogP contribution in [0.2, 0.25) is 0 Å². The van der Waals surface area contributed by atoms with Crippen molar-refractivity contribution in [1.82, 2.24) is 9.78 Å². The van der Waals surface area contributed by atoms with Gasteiger partial charge in [0.1, 0.15) is 6.61 Å². The maximum atomic E-state index is 10.7. The van der Waals surface area contributed by atoms with Crippen LogP contribution in [0.4, 0.5) is 0 Å². The first kappa shape index (κ1) is 11.4. The molecule has 4 nitrogen and oxygen atoms in total. The molecule has 0 radical (unpaired) electrons. The van der Waals surface area contributed by atoms with E-state index in [2.05, 4.69) is 5.10 Å². The van der Waals surface area contributed by atoms with E-state index in [9.17, 15) is 4.79 Å². The summed E-state index contributed by atoms with van der Waals surface area (Å²) in [6.45, 7) is 2.35. The number of aromatic nitrogens is 2. The average molecular weight is 230 g/mol. The molecule has 17 heavy (non-hydrogen) atoms. The molecule has 2 aromatic rings. The zero-order chi connectivity index (χ0) is 12.1. The van der Waals surface area contributed by atoms with Gasteiger partial charge < -0.3 is 4.74 Å². The molecule has 0 spiro atoms. The molecule has 0 aliphatic heterocycles. The minimum absolute atomic E-state index is 0.233. The maximum Gasteiger partial charge on any atom is 0.303 e. The summed E-state index contributed by atoms with van der Waals surface area (Å²) in [7, 11) is 0. The van der Waals surface area contributed by atoms with Crippen LogP contribution in [-0.2, 0) is 22.7 Å². The van der Waals surface area contributed by atoms with Crippen LogP contribution in [0.15, 0.2) is 42.6 Å². The SMILES string of the molecule is CC(=O)OCc1ccn(Cc2ccccc2)n1. The standard InChI is InChI=1S/C13H14N2O2/c1-11(16)17-10-13-7-8-15(14-13)9-12-5-3-2-4-6-12/h2-8H,9-10H2,1H3. The summed E-state index contributed by atoms with van der Waals surface area (Å²) in [4.78, 5) is 10.7. The van der Waals surface area contributed by atoms with Crippen LogP contribution in [0.3, 0.4) is 0 Å². The third-order valence-electron chi connectivity index (χ3n) is 2.31. The van der Waals surface area contributed by atoms with Gasteiger partial charge in [-0.2, -0.15) is 5.10 Å². The Hall–Kier alpha value is -2.10. The largest absolute Gasteiger partial charge is 0.459 e. The molecule has 0 aliphatic carbocycles. The number of benzene rings is 1. The molecule has 0 saturated heterocycles. The van der Waals surface area contributed by atoms with Crippen molar-refractivity contribution in [3.63, 3.8) is 0 Å². The summed E-state index contributed by atoms with van der Waals surface area (Å²) in [6.07, 6.45) is 1.88. The highest BCUT2D eigenvalue weighted by Crippen LogP contribution is 2.04. The van der Waals surface area contributed by atoms with E-state index >= 15 is 0 Å². The molecule has 0 fully saturated rings. The molecule has 0 bridgehead atoms. The molecule has 1 aromatic carbocycles.